The van der Waals surface area contributed by atoms with Crippen LogP contribution >= 0.6 is 0 Å². The molecule has 0 spiro atoms. The van der Waals surface area contributed by atoms with Crippen molar-refractivity contribution in [1.29, 1.82) is 0 Å². The molecule has 1 aliphatic carbocycles. The summed E-state index contributed by atoms with van der Waals surface area (Å²) in [6.45, 7) is 2.19. The van der Waals surface area contributed by atoms with Gasteiger partial charge in [0.15, 0.2) is 0 Å². The molecule has 0 aromatic heterocycles. The molecule has 0 amide bonds. The van der Waals surface area contributed by atoms with Crippen molar-refractivity contribution in [3.8, 4) is 0 Å². The Labute approximate surface area is 188 Å². The van der Waals surface area contributed by atoms with E-state index in [1.165, 1.54) is 40.6 Å². The van der Waals surface area contributed by atoms with Gasteiger partial charge in [-0.05, 0) is 31.1 Å². The lowest BCUT2D eigenvalue weighted by Gasteiger charge is -2.36. The molecule has 0 bridgehead atoms. The Morgan fingerprint density at radius 1 is 0.645 bits per heavy atom. The molecule has 4 atom stereocenters. The summed E-state index contributed by atoms with van der Waals surface area (Å²) >= 11 is 0. The third kappa shape index (κ3) is 9.44. The SMILES string of the molecule is CCCCCCC[C@@H]1C=C[C@H](CCCCCCC(=O)OC)[C@H](C(=O)OC)[C@@H]1C(=O)OC. The number of carbonyl (C=O) groups excluding carboxylic acids is 3. The highest BCUT2D eigenvalue weighted by Gasteiger charge is 2.45. The summed E-state index contributed by atoms with van der Waals surface area (Å²) in [7, 11) is 4.18. The number of hydrogen-bond acceptors (Lipinski definition) is 6. The maximum Gasteiger partial charge on any atom is 0.310 e. The summed E-state index contributed by atoms with van der Waals surface area (Å²) in [6, 6.07) is 0. The fraction of sp³-hybridized carbons (Fsp3) is 0.800. The molecule has 0 saturated heterocycles. The molecule has 6 heteroatoms. The standard InChI is InChI=1S/C25H42O6/c1-5-6-7-8-11-14-19-17-18-20(15-12-9-10-13-16-21(26)29-2)23(25(28)31-4)22(19)24(27)30-3/h17-20,22-23H,5-16H2,1-4H3/t19-,20+,22-,23+/m1/s1. The van der Waals surface area contributed by atoms with Gasteiger partial charge in [-0.25, -0.2) is 0 Å². The Morgan fingerprint density at radius 3 is 1.52 bits per heavy atom. The van der Waals surface area contributed by atoms with Gasteiger partial charge < -0.3 is 14.2 Å². The van der Waals surface area contributed by atoms with Crippen LogP contribution in [0.5, 0.6) is 0 Å². The van der Waals surface area contributed by atoms with Gasteiger partial charge in [0.25, 0.3) is 0 Å². The summed E-state index contributed by atoms with van der Waals surface area (Å²) in [5.74, 6) is -1.84. The number of methoxy groups -OCH3 is 3. The van der Waals surface area contributed by atoms with Crippen molar-refractivity contribution in [3.63, 3.8) is 0 Å². The maximum atomic E-state index is 12.7. The lowest BCUT2D eigenvalue weighted by molar-refractivity contribution is -0.162. The highest BCUT2D eigenvalue weighted by molar-refractivity contribution is 5.83. The summed E-state index contributed by atoms with van der Waals surface area (Å²) in [5, 5.41) is 0. The second-order valence-electron chi connectivity index (χ2n) is 8.54. The van der Waals surface area contributed by atoms with Crippen molar-refractivity contribution in [1.82, 2.24) is 0 Å². The Kier molecular flexibility index (Phi) is 13.9. The van der Waals surface area contributed by atoms with Crippen LogP contribution in [0.25, 0.3) is 0 Å². The van der Waals surface area contributed by atoms with Crippen LogP contribution in [0.4, 0.5) is 0 Å². The second kappa shape index (κ2) is 15.9. The highest BCUT2D eigenvalue weighted by Crippen LogP contribution is 2.40. The van der Waals surface area contributed by atoms with Crippen molar-refractivity contribution < 1.29 is 28.6 Å². The van der Waals surface area contributed by atoms with Crippen molar-refractivity contribution in [2.45, 2.75) is 84.0 Å². The fourth-order valence-electron chi connectivity index (χ4n) is 4.61. The van der Waals surface area contributed by atoms with E-state index in [1.54, 1.807) is 0 Å². The molecule has 178 valence electrons. The quantitative estimate of drug-likeness (QED) is 0.151. The van der Waals surface area contributed by atoms with Gasteiger partial charge in [0.2, 0.25) is 0 Å². The van der Waals surface area contributed by atoms with Gasteiger partial charge in [-0.15, -0.1) is 0 Å². The average molecular weight is 439 g/mol. The van der Waals surface area contributed by atoms with E-state index in [4.69, 9.17) is 9.47 Å². The van der Waals surface area contributed by atoms with Crippen molar-refractivity contribution in [2.75, 3.05) is 21.3 Å². The van der Waals surface area contributed by atoms with E-state index >= 15 is 0 Å². The first-order valence-corrected chi connectivity index (χ1v) is 11.9. The monoisotopic (exact) mass is 438 g/mol. The Hall–Kier alpha value is -1.85. The van der Waals surface area contributed by atoms with Crippen LogP contribution in [0.2, 0.25) is 0 Å². The minimum atomic E-state index is -0.502. The smallest absolute Gasteiger partial charge is 0.310 e. The molecule has 0 aliphatic heterocycles. The third-order valence-corrected chi connectivity index (χ3v) is 6.40. The fourth-order valence-corrected chi connectivity index (χ4v) is 4.61. The molecule has 31 heavy (non-hydrogen) atoms. The van der Waals surface area contributed by atoms with E-state index in [9.17, 15) is 14.4 Å². The van der Waals surface area contributed by atoms with Gasteiger partial charge in [0, 0.05) is 6.42 Å². The van der Waals surface area contributed by atoms with Crippen molar-refractivity contribution >= 4 is 17.9 Å². The van der Waals surface area contributed by atoms with E-state index in [1.807, 2.05) is 0 Å². The summed E-state index contributed by atoms with van der Waals surface area (Å²) in [4.78, 5) is 36.6. The van der Waals surface area contributed by atoms with Crippen LogP contribution in [0, 0.1) is 23.7 Å². The number of esters is 3. The first-order chi connectivity index (χ1) is 15.0. The van der Waals surface area contributed by atoms with Crippen LogP contribution in [0.15, 0.2) is 12.2 Å². The molecule has 0 unspecified atom stereocenters. The van der Waals surface area contributed by atoms with Crippen LogP contribution in [-0.2, 0) is 28.6 Å². The molecule has 1 rings (SSSR count). The van der Waals surface area contributed by atoms with Crippen LogP contribution < -0.4 is 0 Å². The van der Waals surface area contributed by atoms with E-state index in [0.29, 0.717) is 6.42 Å². The van der Waals surface area contributed by atoms with Gasteiger partial charge in [-0.3, -0.25) is 14.4 Å². The number of ether oxygens (including phenoxy) is 3. The maximum absolute atomic E-state index is 12.7. The van der Waals surface area contributed by atoms with E-state index in [-0.39, 0.29) is 29.7 Å². The van der Waals surface area contributed by atoms with Gasteiger partial charge in [0.05, 0.1) is 33.2 Å². The Bertz CT molecular complexity index is 570. The van der Waals surface area contributed by atoms with Crippen LogP contribution in [-0.4, -0.2) is 39.2 Å². The zero-order valence-electron chi connectivity index (χ0n) is 19.9. The van der Waals surface area contributed by atoms with E-state index < -0.39 is 11.8 Å². The minimum absolute atomic E-state index is 0.00878. The molecule has 0 saturated carbocycles. The molecule has 0 radical (unpaired) electrons. The molecular formula is C25H42O6. The Balaban J connectivity index is 2.74. The van der Waals surface area contributed by atoms with Crippen molar-refractivity contribution in [3.05, 3.63) is 12.2 Å². The van der Waals surface area contributed by atoms with E-state index in [2.05, 4.69) is 23.8 Å². The predicted octanol–water partition coefficient (Wildman–Crippen LogP) is 5.24. The largest absolute Gasteiger partial charge is 0.469 e. The van der Waals surface area contributed by atoms with Crippen molar-refractivity contribution in [2.24, 2.45) is 23.7 Å². The summed E-state index contributed by atoms with van der Waals surface area (Å²) in [6.07, 6.45) is 15.8. The molecule has 0 fully saturated rings. The minimum Gasteiger partial charge on any atom is -0.469 e. The molecule has 6 nitrogen and oxygen atoms in total. The van der Waals surface area contributed by atoms with Crippen LogP contribution in [0.3, 0.4) is 0 Å². The number of rotatable bonds is 15. The van der Waals surface area contributed by atoms with Gasteiger partial charge in [-0.2, -0.15) is 0 Å². The molecular weight excluding hydrogens is 396 g/mol. The molecule has 0 heterocycles. The normalized spacial score (nSPS) is 22.7. The lowest BCUT2D eigenvalue weighted by Crippen LogP contribution is -2.42. The molecule has 0 aromatic rings. The first kappa shape index (κ1) is 27.2. The van der Waals surface area contributed by atoms with Crippen LogP contribution in [0.1, 0.15) is 84.0 Å². The lowest BCUT2D eigenvalue weighted by atomic mass is 9.67. The Morgan fingerprint density at radius 2 is 1.10 bits per heavy atom. The third-order valence-electron chi connectivity index (χ3n) is 6.40. The second-order valence-corrected chi connectivity index (χ2v) is 8.54. The van der Waals surface area contributed by atoms with Gasteiger partial charge in [0.1, 0.15) is 0 Å². The van der Waals surface area contributed by atoms with Gasteiger partial charge in [-0.1, -0.05) is 70.4 Å². The number of allylic oxidation sites excluding steroid dienone is 2. The zero-order valence-corrected chi connectivity index (χ0v) is 19.9. The number of carbonyl (C=O) groups is 3. The highest BCUT2D eigenvalue weighted by atomic mass is 16.5. The summed E-state index contributed by atoms with van der Waals surface area (Å²) in [5.41, 5.74) is 0. The van der Waals surface area contributed by atoms with Gasteiger partial charge >= 0.3 is 17.9 Å². The number of unbranched alkanes of at least 4 members (excludes halogenated alkanes) is 7. The molecule has 0 N–H and O–H groups in total. The topological polar surface area (TPSA) is 78.9 Å². The predicted molar refractivity (Wildman–Crippen MR) is 120 cm³/mol. The zero-order chi connectivity index (χ0) is 23.1. The van der Waals surface area contributed by atoms with E-state index in [0.717, 1.165) is 51.4 Å². The summed E-state index contributed by atoms with van der Waals surface area (Å²) < 4.78 is 14.9. The molecule has 1 aliphatic rings. The number of hydrogen-bond donors (Lipinski definition) is 0. The average Bonchev–Trinajstić information content (AvgIpc) is 2.79. The first-order valence-electron chi connectivity index (χ1n) is 11.9. The molecule has 0 aromatic carbocycles.